The number of fused-ring (bicyclic) bond motifs is 2. The standard InChI is InChI=1S/C29H26F3N7O3S/c1-28(2,29(30,31)32)26-35-21(25(43-26)39-12-13-41-19-14-18(19)39)24-37-38-27(42-24)36-22-23(40)33-17-11-7-6-10-16(17)20(34-22)15-8-4-3-5-9-15/h3-11,18-19,22H,12-14H2,1-2H3,(H,33,40)(H,36,38)/t18-,19+,22-/m1/s1. The van der Waals surface area contributed by atoms with E-state index in [-0.39, 0.29) is 34.8 Å². The maximum atomic E-state index is 14.0. The predicted molar refractivity (Wildman–Crippen MR) is 155 cm³/mol. The van der Waals surface area contributed by atoms with Gasteiger partial charge in [-0.2, -0.15) is 13.2 Å². The summed E-state index contributed by atoms with van der Waals surface area (Å²) in [7, 11) is 0. The molecule has 2 aromatic carbocycles. The van der Waals surface area contributed by atoms with Crippen LogP contribution >= 0.6 is 11.3 Å². The van der Waals surface area contributed by atoms with E-state index in [1.54, 1.807) is 6.07 Å². The molecule has 10 nitrogen and oxygen atoms in total. The number of aromatic nitrogens is 3. The zero-order valence-electron chi connectivity index (χ0n) is 23.1. The van der Waals surface area contributed by atoms with Gasteiger partial charge in [0, 0.05) is 17.7 Å². The molecule has 222 valence electrons. The SMILES string of the molecule is CC(C)(c1nc(-c2nnc(N[C@H]3N=C(c4ccccc4)c4ccccc4NC3=O)o2)c(N2CCO[C@H]3C[C@H]32)s1)C(F)(F)F. The number of carbonyl (C=O) groups is 1. The van der Waals surface area contributed by atoms with E-state index in [9.17, 15) is 18.0 Å². The van der Waals surface area contributed by atoms with Gasteiger partial charge in [0.25, 0.3) is 11.8 Å². The van der Waals surface area contributed by atoms with Gasteiger partial charge in [0.1, 0.15) is 15.4 Å². The van der Waals surface area contributed by atoms with Crippen LogP contribution in [-0.2, 0) is 14.9 Å². The fraction of sp³-hybridized carbons (Fsp3) is 0.345. The van der Waals surface area contributed by atoms with Crippen molar-refractivity contribution >= 4 is 39.7 Å². The van der Waals surface area contributed by atoms with Crippen LogP contribution in [0, 0.1) is 0 Å². The van der Waals surface area contributed by atoms with E-state index in [1.165, 1.54) is 0 Å². The van der Waals surface area contributed by atoms with E-state index in [0.29, 0.717) is 29.6 Å². The first-order valence-corrected chi connectivity index (χ1v) is 14.5. The monoisotopic (exact) mass is 609 g/mol. The van der Waals surface area contributed by atoms with Gasteiger partial charge >= 0.3 is 12.2 Å². The molecule has 1 amide bonds. The lowest BCUT2D eigenvalue weighted by Gasteiger charge is -2.28. The molecular formula is C29H26F3N7O3S. The maximum absolute atomic E-state index is 14.0. The number of amides is 1. The average Bonchev–Trinajstić information content (AvgIpc) is 3.47. The summed E-state index contributed by atoms with van der Waals surface area (Å²) in [6.45, 7) is 3.16. The van der Waals surface area contributed by atoms with Gasteiger partial charge in [-0.15, -0.1) is 5.10 Å². The topological polar surface area (TPSA) is 118 Å². The summed E-state index contributed by atoms with van der Waals surface area (Å²) >= 11 is 0.969. The summed E-state index contributed by atoms with van der Waals surface area (Å²) in [5.74, 6) is -0.513. The predicted octanol–water partition coefficient (Wildman–Crippen LogP) is 5.24. The van der Waals surface area contributed by atoms with E-state index in [0.717, 1.165) is 42.7 Å². The van der Waals surface area contributed by atoms with Crippen molar-refractivity contribution in [3.63, 3.8) is 0 Å². The second kappa shape index (κ2) is 10.2. The summed E-state index contributed by atoms with van der Waals surface area (Å²) in [6.07, 6.45) is -4.84. The van der Waals surface area contributed by atoms with Crippen molar-refractivity contribution in [3.8, 4) is 11.6 Å². The second-order valence-electron chi connectivity index (χ2n) is 11.0. The number of rotatable bonds is 6. The highest BCUT2D eigenvalue weighted by molar-refractivity contribution is 7.16. The molecule has 43 heavy (non-hydrogen) atoms. The normalized spacial score (nSPS) is 21.8. The molecule has 4 heterocycles. The molecule has 2 aliphatic heterocycles. The van der Waals surface area contributed by atoms with Crippen molar-refractivity contribution < 1.29 is 27.1 Å². The van der Waals surface area contributed by atoms with E-state index < -0.39 is 23.7 Å². The molecule has 4 aromatic rings. The maximum Gasteiger partial charge on any atom is 0.400 e. The largest absolute Gasteiger partial charge is 0.402 e. The number of alkyl halides is 3. The first-order chi connectivity index (χ1) is 20.6. The Hall–Kier alpha value is -4.30. The quantitative estimate of drug-likeness (QED) is 0.305. The highest BCUT2D eigenvalue weighted by atomic mass is 32.1. The summed E-state index contributed by atoms with van der Waals surface area (Å²) in [5, 5.41) is 14.4. The first kappa shape index (κ1) is 27.5. The summed E-state index contributed by atoms with van der Waals surface area (Å²) in [4.78, 5) is 24.4. The number of halogens is 3. The Morgan fingerprint density at radius 1 is 1.07 bits per heavy atom. The fourth-order valence-corrected chi connectivity index (χ4v) is 6.36. The Kier molecular flexibility index (Phi) is 6.50. The van der Waals surface area contributed by atoms with Crippen molar-refractivity contribution in [2.24, 2.45) is 4.99 Å². The molecule has 14 heteroatoms. The molecule has 1 saturated carbocycles. The molecule has 2 aromatic heterocycles. The summed E-state index contributed by atoms with van der Waals surface area (Å²) < 4.78 is 53.6. The van der Waals surface area contributed by atoms with Crippen LogP contribution in [0.3, 0.4) is 0 Å². The number of nitrogens with one attached hydrogen (secondary N) is 2. The van der Waals surface area contributed by atoms with Crippen LogP contribution in [0.1, 0.15) is 36.4 Å². The number of ether oxygens (including phenoxy) is 1. The number of morpholine rings is 1. The Balaban J connectivity index is 1.24. The van der Waals surface area contributed by atoms with Crippen LogP contribution in [-0.4, -0.2) is 64.4 Å². The van der Waals surface area contributed by atoms with Crippen LogP contribution < -0.4 is 15.5 Å². The average molecular weight is 610 g/mol. The third-order valence-electron chi connectivity index (χ3n) is 7.76. The number of hydrogen-bond acceptors (Lipinski definition) is 10. The minimum atomic E-state index is -4.52. The van der Waals surface area contributed by atoms with Crippen LogP contribution in [0.2, 0.25) is 0 Å². The lowest BCUT2D eigenvalue weighted by atomic mass is 9.94. The first-order valence-electron chi connectivity index (χ1n) is 13.7. The fourth-order valence-electron chi connectivity index (χ4n) is 5.10. The zero-order valence-corrected chi connectivity index (χ0v) is 23.9. The molecule has 1 saturated heterocycles. The number of para-hydroxylation sites is 1. The zero-order chi connectivity index (χ0) is 29.9. The molecule has 0 radical (unpaired) electrons. The number of benzodiazepines with no additional fused rings is 1. The summed E-state index contributed by atoms with van der Waals surface area (Å²) in [6, 6.07) is 16.7. The Bertz CT molecular complexity index is 1720. The van der Waals surface area contributed by atoms with E-state index in [2.05, 4.69) is 25.8 Å². The Labute approximate surface area is 248 Å². The number of thiazole rings is 1. The number of nitrogens with zero attached hydrogens (tertiary/aromatic N) is 5. The molecule has 3 atom stereocenters. The molecular weight excluding hydrogens is 583 g/mol. The smallest absolute Gasteiger partial charge is 0.400 e. The van der Waals surface area contributed by atoms with Crippen molar-refractivity contribution in [2.45, 2.75) is 50.2 Å². The number of anilines is 3. The third kappa shape index (κ3) is 4.93. The molecule has 0 bridgehead atoms. The van der Waals surface area contributed by atoms with E-state index in [1.807, 2.05) is 53.4 Å². The molecule has 3 aliphatic rings. The molecule has 1 aliphatic carbocycles. The number of carbonyl (C=O) groups excluding carboxylic acids is 1. The van der Waals surface area contributed by atoms with Crippen LogP contribution in [0.4, 0.5) is 29.9 Å². The van der Waals surface area contributed by atoms with E-state index in [4.69, 9.17) is 14.1 Å². The van der Waals surface area contributed by atoms with Gasteiger partial charge in [0.2, 0.25) is 6.17 Å². The van der Waals surface area contributed by atoms with Gasteiger partial charge in [-0.05, 0) is 26.3 Å². The lowest BCUT2D eigenvalue weighted by molar-refractivity contribution is -0.180. The number of hydrogen-bond donors (Lipinski definition) is 2. The molecule has 2 fully saturated rings. The van der Waals surface area contributed by atoms with E-state index >= 15 is 0 Å². The van der Waals surface area contributed by atoms with Crippen molar-refractivity contribution in [1.29, 1.82) is 0 Å². The molecule has 0 unspecified atom stereocenters. The summed E-state index contributed by atoms with van der Waals surface area (Å²) in [5.41, 5.74) is 0.697. The van der Waals surface area contributed by atoms with Gasteiger partial charge in [0.05, 0.1) is 30.2 Å². The molecule has 0 spiro atoms. The minimum absolute atomic E-state index is 0.0391. The molecule has 2 N–H and O–H groups in total. The van der Waals surface area contributed by atoms with Crippen LogP contribution in [0.25, 0.3) is 11.6 Å². The van der Waals surface area contributed by atoms with Gasteiger partial charge < -0.3 is 24.7 Å². The lowest BCUT2D eigenvalue weighted by Crippen LogP contribution is -2.36. The van der Waals surface area contributed by atoms with Gasteiger partial charge in [-0.25, -0.2) is 9.98 Å². The number of benzene rings is 2. The highest BCUT2D eigenvalue weighted by Gasteiger charge is 2.53. The van der Waals surface area contributed by atoms with Gasteiger partial charge in [-0.1, -0.05) is 65.0 Å². The van der Waals surface area contributed by atoms with Crippen molar-refractivity contribution in [3.05, 3.63) is 70.7 Å². The van der Waals surface area contributed by atoms with Crippen molar-refractivity contribution in [2.75, 3.05) is 28.7 Å². The molecule has 7 rings (SSSR count). The number of aliphatic imine (C=N–C) groups is 1. The Morgan fingerprint density at radius 2 is 1.84 bits per heavy atom. The highest BCUT2D eigenvalue weighted by Crippen LogP contribution is 2.49. The van der Waals surface area contributed by atoms with Crippen LogP contribution in [0.15, 0.2) is 64.0 Å². The Morgan fingerprint density at radius 3 is 2.63 bits per heavy atom. The van der Waals surface area contributed by atoms with Crippen LogP contribution in [0.5, 0.6) is 0 Å². The van der Waals surface area contributed by atoms with Crippen molar-refractivity contribution in [1.82, 2.24) is 15.2 Å². The second-order valence-corrected chi connectivity index (χ2v) is 12.0. The minimum Gasteiger partial charge on any atom is -0.402 e. The third-order valence-corrected chi connectivity index (χ3v) is 9.18. The van der Waals surface area contributed by atoms with Gasteiger partial charge in [-0.3, -0.25) is 4.79 Å². The van der Waals surface area contributed by atoms with Gasteiger partial charge in [0.15, 0.2) is 5.69 Å².